The van der Waals surface area contributed by atoms with Crippen molar-refractivity contribution in [2.45, 2.75) is 58.4 Å². The number of nitrogens with two attached hydrogens (primary N) is 1. The second kappa shape index (κ2) is 9.27. The number of carbonyl (C=O) groups excluding carboxylic acids is 1. The van der Waals surface area contributed by atoms with E-state index in [-0.39, 0.29) is 18.1 Å². The fourth-order valence-electron chi connectivity index (χ4n) is 4.82. The van der Waals surface area contributed by atoms with Crippen LogP contribution in [-0.4, -0.2) is 41.7 Å². The van der Waals surface area contributed by atoms with E-state index < -0.39 is 11.4 Å². The molecule has 4 heterocycles. The van der Waals surface area contributed by atoms with Gasteiger partial charge in [-0.2, -0.15) is 5.10 Å². The van der Waals surface area contributed by atoms with Gasteiger partial charge in [0, 0.05) is 18.7 Å². The maximum atomic E-state index is 13.3. The molecule has 5 rings (SSSR count). The zero-order chi connectivity index (χ0) is 26.3. The van der Waals surface area contributed by atoms with Gasteiger partial charge in [0.25, 0.3) is 0 Å². The Hall–Kier alpha value is -4.34. The van der Waals surface area contributed by atoms with Crippen molar-refractivity contribution in [1.82, 2.24) is 24.7 Å². The summed E-state index contributed by atoms with van der Waals surface area (Å²) in [5, 5.41) is 17.4. The number of hydrogen-bond acceptors (Lipinski definition) is 7. The molecule has 0 aliphatic carbocycles. The quantitative estimate of drug-likeness (QED) is 0.331. The molecule has 0 saturated carbocycles. The number of nitrogen functional groups attached to an aromatic ring is 1. The zero-order valence-corrected chi connectivity index (χ0v) is 21.1. The molecule has 0 bridgehead atoms. The highest BCUT2D eigenvalue weighted by Crippen LogP contribution is 2.45. The summed E-state index contributed by atoms with van der Waals surface area (Å²) in [5.41, 5.74) is 9.74. The SMILES string of the molecule is CCCCn1nc(-c2nc(N)c3c(n2)NC(=O)[C@@]3(C)c2ccc(CCC(=O)O)cc2)c2ccc(C)nc21. The standard InChI is InChI=1S/C27H29N7O3/c1-4-5-14-34-25-18(12-6-15(2)29-25)21(33-34)24-30-22(28)20-23(31-24)32-26(37)27(20,3)17-10-7-16(8-11-17)9-13-19(35)36/h6-8,10-12H,4-5,9,13-14H2,1-3H3,(H,35,36)(H3,28,30,31,32,37)/t27-/m0/s1. The van der Waals surface area contributed by atoms with Gasteiger partial charge in [-0.1, -0.05) is 37.6 Å². The van der Waals surface area contributed by atoms with Crippen LogP contribution in [0.3, 0.4) is 0 Å². The molecule has 0 unspecified atom stereocenters. The van der Waals surface area contributed by atoms with Gasteiger partial charge in [0.05, 0.1) is 10.9 Å². The lowest BCUT2D eigenvalue weighted by Gasteiger charge is -2.23. The lowest BCUT2D eigenvalue weighted by molar-refractivity contribution is -0.137. The van der Waals surface area contributed by atoms with Gasteiger partial charge in [-0.15, -0.1) is 0 Å². The summed E-state index contributed by atoms with van der Waals surface area (Å²) in [7, 11) is 0. The van der Waals surface area contributed by atoms with Gasteiger partial charge >= 0.3 is 5.97 Å². The summed E-state index contributed by atoms with van der Waals surface area (Å²) in [5.74, 6) is -0.214. The van der Waals surface area contributed by atoms with E-state index in [2.05, 4.69) is 22.2 Å². The molecular formula is C27H29N7O3. The van der Waals surface area contributed by atoms with Crippen molar-refractivity contribution in [3.63, 3.8) is 0 Å². The van der Waals surface area contributed by atoms with Crippen molar-refractivity contribution < 1.29 is 14.7 Å². The van der Waals surface area contributed by atoms with Crippen molar-refractivity contribution in [2.24, 2.45) is 0 Å². The molecule has 1 atom stereocenters. The van der Waals surface area contributed by atoms with E-state index in [1.807, 2.05) is 48.0 Å². The van der Waals surface area contributed by atoms with E-state index in [4.69, 9.17) is 20.9 Å². The number of hydrogen-bond donors (Lipinski definition) is 3. The van der Waals surface area contributed by atoms with Crippen LogP contribution in [0.1, 0.15) is 55.5 Å². The summed E-state index contributed by atoms with van der Waals surface area (Å²) < 4.78 is 1.88. The number of amides is 1. The smallest absolute Gasteiger partial charge is 0.303 e. The molecule has 3 aromatic heterocycles. The molecule has 10 nitrogen and oxygen atoms in total. The van der Waals surface area contributed by atoms with Gasteiger partial charge in [0.1, 0.15) is 22.7 Å². The molecule has 1 amide bonds. The predicted octanol–water partition coefficient (Wildman–Crippen LogP) is 3.85. The molecule has 0 spiro atoms. The molecule has 0 saturated heterocycles. The van der Waals surface area contributed by atoms with Crippen LogP contribution in [0.2, 0.25) is 0 Å². The molecule has 1 aliphatic rings. The Bertz CT molecular complexity index is 1530. The minimum absolute atomic E-state index is 0.0431. The minimum atomic E-state index is -1.09. The fourth-order valence-corrected chi connectivity index (χ4v) is 4.82. The van der Waals surface area contributed by atoms with E-state index in [9.17, 15) is 9.59 Å². The largest absolute Gasteiger partial charge is 0.481 e. The molecule has 0 radical (unpaired) electrons. The summed E-state index contributed by atoms with van der Waals surface area (Å²) in [6.07, 6.45) is 2.44. The van der Waals surface area contributed by atoms with Crippen molar-refractivity contribution in [3.05, 3.63) is 58.8 Å². The number of nitrogens with zero attached hydrogens (tertiary/aromatic N) is 5. The molecule has 4 N–H and O–H groups in total. The maximum Gasteiger partial charge on any atom is 0.303 e. The first-order valence-corrected chi connectivity index (χ1v) is 12.4. The second-order valence-electron chi connectivity index (χ2n) is 9.57. The van der Waals surface area contributed by atoms with Crippen LogP contribution in [0.25, 0.3) is 22.6 Å². The highest BCUT2D eigenvalue weighted by atomic mass is 16.4. The van der Waals surface area contributed by atoms with Crippen LogP contribution in [0.5, 0.6) is 0 Å². The number of unbranched alkanes of at least 4 members (excludes halogenated alkanes) is 1. The van der Waals surface area contributed by atoms with E-state index in [1.54, 1.807) is 6.92 Å². The van der Waals surface area contributed by atoms with Crippen molar-refractivity contribution in [1.29, 1.82) is 0 Å². The summed E-state index contributed by atoms with van der Waals surface area (Å²) >= 11 is 0. The summed E-state index contributed by atoms with van der Waals surface area (Å²) in [6.45, 7) is 6.58. The molecule has 10 heteroatoms. The summed E-state index contributed by atoms with van der Waals surface area (Å²) in [6, 6.07) is 11.2. The molecule has 1 aliphatic heterocycles. The summed E-state index contributed by atoms with van der Waals surface area (Å²) in [4.78, 5) is 38.2. The van der Waals surface area contributed by atoms with Crippen molar-refractivity contribution in [3.8, 4) is 11.5 Å². The molecule has 4 aromatic rings. The number of pyridine rings is 1. The van der Waals surface area contributed by atoms with Crippen LogP contribution in [0.4, 0.5) is 11.6 Å². The number of anilines is 2. The molecule has 1 aromatic carbocycles. The van der Waals surface area contributed by atoms with Gasteiger partial charge in [0.15, 0.2) is 11.5 Å². The van der Waals surface area contributed by atoms with E-state index >= 15 is 0 Å². The van der Waals surface area contributed by atoms with Crippen LogP contribution < -0.4 is 11.1 Å². The Morgan fingerprint density at radius 1 is 1.14 bits per heavy atom. The monoisotopic (exact) mass is 499 g/mol. The first-order valence-electron chi connectivity index (χ1n) is 12.4. The highest BCUT2D eigenvalue weighted by Gasteiger charge is 2.47. The Morgan fingerprint density at radius 3 is 2.59 bits per heavy atom. The Balaban J connectivity index is 1.56. The first kappa shape index (κ1) is 24.4. The number of carbonyl (C=O) groups is 2. The molecule has 190 valence electrons. The van der Waals surface area contributed by atoms with Crippen LogP contribution in [0.15, 0.2) is 36.4 Å². The Kier molecular flexibility index (Phi) is 6.10. The Morgan fingerprint density at radius 2 is 1.89 bits per heavy atom. The topological polar surface area (TPSA) is 149 Å². The second-order valence-corrected chi connectivity index (χ2v) is 9.57. The normalized spacial score (nSPS) is 16.7. The number of rotatable bonds is 8. The lowest BCUT2D eigenvalue weighted by Crippen LogP contribution is -2.33. The van der Waals surface area contributed by atoms with Crippen molar-refractivity contribution in [2.75, 3.05) is 11.1 Å². The van der Waals surface area contributed by atoms with Crippen molar-refractivity contribution >= 4 is 34.5 Å². The molecule has 37 heavy (non-hydrogen) atoms. The van der Waals surface area contributed by atoms with Gasteiger partial charge in [0.2, 0.25) is 5.91 Å². The number of aromatic nitrogens is 5. The van der Waals surface area contributed by atoms with Gasteiger partial charge in [-0.05, 0) is 49.9 Å². The average Bonchev–Trinajstić information content (AvgIpc) is 3.36. The lowest BCUT2D eigenvalue weighted by atomic mass is 9.77. The third-order valence-corrected chi connectivity index (χ3v) is 6.95. The highest BCUT2D eigenvalue weighted by molar-refractivity contribution is 6.09. The third kappa shape index (κ3) is 4.18. The van der Waals surface area contributed by atoms with Crippen LogP contribution in [-0.2, 0) is 28.0 Å². The number of nitrogens with one attached hydrogen (secondary N) is 1. The van der Waals surface area contributed by atoms with Gasteiger partial charge < -0.3 is 16.2 Å². The first-order chi connectivity index (χ1) is 17.7. The van der Waals surface area contributed by atoms with E-state index in [0.717, 1.165) is 47.2 Å². The number of fused-ring (bicyclic) bond motifs is 2. The van der Waals surface area contributed by atoms with Gasteiger partial charge in [-0.3, -0.25) is 9.59 Å². The minimum Gasteiger partial charge on any atom is -0.481 e. The van der Waals surface area contributed by atoms with E-state index in [1.165, 1.54) is 0 Å². The number of carboxylic acids is 1. The van der Waals surface area contributed by atoms with Crippen LogP contribution >= 0.6 is 0 Å². The maximum absolute atomic E-state index is 13.3. The van der Waals surface area contributed by atoms with Crippen LogP contribution in [0, 0.1) is 6.92 Å². The molecule has 0 fully saturated rings. The fraction of sp³-hybridized carbons (Fsp3) is 0.333. The number of aryl methyl sites for hydroxylation is 3. The Labute approximate surface area is 214 Å². The molecular weight excluding hydrogens is 470 g/mol. The number of benzene rings is 1. The van der Waals surface area contributed by atoms with Gasteiger partial charge in [-0.25, -0.2) is 19.6 Å². The number of carboxylic acid groups (broad SMARTS) is 1. The number of aliphatic carboxylic acids is 1. The predicted molar refractivity (Wildman–Crippen MR) is 140 cm³/mol. The average molecular weight is 500 g/mol. The third-order valence-electron chi connectivity index (χ3n) is 6.95. The van der Waals surface area contributed by atoms with E-state index in [0.29, 0.717) is 29.3 Å². The zero-order valence-electron chi connectivity index (χ0n) is 21.1.